The van der Waals surface area contributed by atoms with Crippen molar-refractivity contribution in [2.75, 3.05) is 6.61 Å². The summed E-state index contributed by atoms with van der Waals surface area (Å²) in [6.45, 7) is 2.47. The smallest absolute Gasteiger partial charge is 0.335 e. The first-order valence-electron chi connectivity index (χ1n) is 8.14. The van der Waals surface area contributed by atoms with Crippen molar-refractivity contribution in [3.63, 3.8) is 0 Å². The minimum atomic E-state index is -1.55. The lowest BCUT2D eigenvalue weighted by atomic mass is 10.1. The van der Waals surface area contributed by atoms with Crippen molar-refractivity contribution in [1.82, 2.24) is 0 Å². The van der Waals surface area contributed by atoms with Crippen molar-refractivity contribution in [3.05, 3.63) is 0 Å². The molecule has 0 heterocycles. The van der Waals surface area contributed by atoms with Gasteiger partial charge in [0.25, 0.3) is 0 Å². The van der Waals surface area contributed by atoms with Crippen LogP contribution in [-0.4, -0.2) is 34.9 Å². The molecule has 0 rings (SSSR count). The number of carboxylic acids is 1. The average Bonchev–Trinajstić information content (AvgIpc) is 2.43. The van der Waals surface area contributed by atoms with E-state index in [0.29, 0.717) is 0 Å². The van der Waals surface area contributed by atoms with Crippen molar-refractivity contribution in [1.29, 1.82) is 0 Å². The highest BCUT2D eigenvalue weighted by atomic mass is 16.5. The van der Waals surface area contributed by atoms with E-state index in [2.05, 4.69) is 6.92 Å². The summed E-state index contributed by atoms with van der Waals surface area (Å²) >= 11 is 0. The van der Waals surface area contributed by atoms with E-state index in [0.717, 1.165) is 19.3 Å². The Morgan fingerprint density at radius 2 is 1.38 bits per heavy atom. The van der Waals surface area contributed by atoms with Gasteiger partial charge in [0.15, 0.2) is 6.10 Å². The van der Waals surface area contributed by atoms with Gasteiger partial charge in [0, 0.05) is 0 Å². The number of ether oxygens (including phenoxy) is 1. The van der Waals surface area contributed by atoms with Crippen molar-refractivity contribution in [3.8, 4) is 0 Å². The largest absolute Gasteiger partial charge is 0.481 e. The molecule has 0 aromatic carbocycles. The molecule has 0 spiro atoms. The van der Waals surface area contributed by atoms with Crippen LogP contribution in [0.1, 0.15) is 77.6 Å². The molecule has 0 aliphatic carbocycles. The highest BCUT2D eigenvalue weighted by Crippen LogP contribution is 2.10. The zero-order valence-electron chi connectivity index (χ0n) is 13.2. The van der Waals surface area contributed by atoms with E-state index in [-0.39, 0.29) is 6.61 Å². The highest BCUT2D eigenvalue weighted by molar-refractivity contribution is 5.80. The molecule has 0 aromatic rings. The summed E-state index contributed by atoms with van der Waals surface area (Å²) in [7, 11) is 0. The lowest BCUT2D eigenvalue weighted by Gasteiger charge is -2.08. The normalized spacial score (nSPS) is 12.1. The molecule has 0 fully saturated rings. The van der Waals surface area contributed by atoms with Crippen molar-refractivity contribution >= 4 is 11.9 Å². The third-order valence-corrected chi connectivity index (χ3v) is 3.38. The van der Waals surface area contributed by atoms with Gasteiger partial charge in [-0.25, -0.2) is 4.79 Å². The number of unbranched alkanes of at least 4 members (excludes halogenated alkanes) is 9. The van der Waals surface area contributed by atoms with Crippen LogP contribution < -0.4 is 0 Å². The van der Waals surface area contributed by atoms with Crippen LogP contribution in [0, 0.1) is 0 Å². The first-order chi connectivity index (χ1) is 10.1. The molecule has 1 unspecified atom stereocenters. The molecule has 21 heavy (non-hydrogen) atoms. The molecule has 124 valence electrons. The maximum atomic E-state index is 11.2. The molecular formula is C16H30O5. The first-order valence-corrected chi connectivity index (χ1v) is 8.14. The molecule has 5 nitrogen and oxygen atoms in total. The standard InChI is InChI=1S/C16H30O5/c1-2-3-4-5-6-7-8-9-10-11-12-21-16(20)14(17)13-15(18)19/h14,17H,2-13H2,1H3,(H,18,19). The van der Waals surface area contributed by atoms with Gasteiger partial charge < -0.3 is 14.9 Å². The van der Waals surface area contributed by atoms with E-state index in [1.807, 2.05) is 0 Å². The number of carboxylic acid groups (broad SMARTS) is 1. The first kappa shape index (κ1) is 19.9. The van der Waals surface area contributed by atoms with Crippen LogP contribution in [-0.2, 0) is 14.3 Å². The summed E-state index contributed by atoms with van der Waals surface area (Å²) in [5.74, 6) is -2.05. The maximum Gasteiger partial charge on any atom is 0.335 e. The van der Waals surface area contributed by atoms with Crippen LogP contribution >= 0.6 is 0 Å². The fourth-order valence-corrected chi connectivity index (χ4v) is 2.11. The summed E-state index contributed by atoms with van der Waals surface area (Å²) in [5.41, 5.74) is 0. The predicted molar refractivity (Wildman–Crippen MR) is 81.1 cm³/mol. The Balaban J connectivity index is 3.28. The Labute approximate surface area is 127 Å². The molecule has 0 aromatic heterocycles. The van der Waals surface area contributed by atoms with E-state index in [1.54, 1.807) is 0 Å². The number of carbonyl (C=O) groups is 2. The van der Waals surface area contributed by atoms with E-state index >= 15 is 0 Å². The van der Waals surface area contributed by atoms with Gasteiger partial charge in [-0.05, 0) is 6.42 Å². The maximum absolute atomic E-state index is 11.2. The Morgan fingerprint density at radius 3 is 1.86 bits per heavy atom. The monoisotopic (exact) mass is 302 g/mol. The van der Waals surface area contributed by atoms with E-state index in [1.165, 1.54) is 44.9 Å². The molecule has 0 bridgehead atoms. The molecule has 0 aliphatic rings. The zero-order valence-corrected chi connectivity index (χ0v) is 13.2. The van der Waals surface area contributed by atoms with Gasteiger partial charge in [-0.15, -0.1) is 0 Å². The van der Waals surface area contributed by atoms with Crippen molar-refractivity contribution in [2.45, 2.75) is 83.7 Å². The molecule has 5 heteroatoms. The average molecular weight is 302 g/mol. The number of esters is 1. The second-order valence-electron chi connectivity index (χ2n) is 5.46. The van der Waals surface area contributed by atoms with Crippen LogP contribution in [0.25, 0.3) is 0 Å². The highest BCUT2D eigenvalue weighted by Gasteiger charge is 2.19. The van der Waals surface area contributed by atoms with Gasteiger partial charge in [-0.2, -0.15) is 0 Å². The van der Waals surface area contributed by atoms with E-state index < -0.39 is 24.5 Å². The molecule has 0 radical (unpaired) electrons. The van der Waals surface area contributed by atoms with Crippen molar-refractivity contribution < 1.29 is 24.5 Å². The number of carbonyl (C=O) groups excluding carboxylic acids is 1. The van der Waals surface area contributed by atoms with Crippen LogP contribution in [0.5, 0.6) is 0 Å². The van der Waals surface area contributed by atoms with Gasteiger partial charge in [-0.3, -0.25) is 4.79 Å². The zero-order chi connectivity index (χ0) is 15.9. The summed E-state index contributed by atoms with van der Waals surface area (Å²) in [6.07, 6.45) is 9.79. The lowest BCUT2D eigenvalue weighted by molar-refractivity contribution is -0.158. The van der Waals surface area contributed by atoms with Gasteiger partial charge in [0.1, 0.15) is 0 Å². The molecule has 0 aliphatic heterocycles. The molecule has 1 atom stereocenters. The molecule has 2 N–H and O–H groups in total. The minimum absolute atomic E-state index is 0.256. The van der Waals surface area contributed by atoms with E-state index in [4.69, 9.17) is 9.84 Å². The second kappa shape index (κ2) is 13.9. The fraction of sp³-hybridized carbons (Fsp3) is 0.875. The van der Waals surface area contributed by atoms with Gasteiger partial charge >= 0.3 is 11.9 Å². The Bertz CT molecular complexity index is 278. The number of rotatable bonds is 14. The fourth-order valence-electron chi connectivity index (χ4n) is 2.11. The number of aliphatic hydroxyl groups is 1. The SMILES string of the molecule is CCCCCCCCCCCCOC(=O)C(O)CC(=O)O. The van der Waals surface area contributed by atoms with Crippen molar-refractivity contribution in [2.24, 2.45) is 0 Å². The number of aliphatic hydroxyl groups excluding tert-OH is 1. The molecule has 0 amide bonds. The quantitative estimate of drug-likeness (QED) is 0.380. The van der Waals surface area contributed by atoms with Gasteiger partial charge in [-0.1, -0.05) is 64.7 Å². The van der Waals surface area contributed by atoms with Crippen LogP contribution in [0.4, 0.5) is 0 Å². The van der Waals surface area contributed by atoms with Gasteiger partial charge in [0.05, 0.1) is 13.0 Å². The van der Waals surface area contributed by atoms with Crippen LogP contribution in [0.2, 0.25) is 0 Å². The van der Waals surface area contributed by atoms with Crippen LogP contribution in [0.3, 0.4) is 0 Å². The predicted octanol–water partition coefficient (Wildman–Crippen LogP) is 3.29. The molecule has 0 saturated heterocycles. The Hall–Kier alpha value is -1.10. The molecular weight excluding hydrogens is 272 g/mol. The topological polar surface area (TPSA) is 83.8 Å². The number of hydrogen-bond acceptors (Lipinski definition) is 4. The summed E-state index contributed by atoms with van der Waals surface area (Å²) in [6, 6.07) is 0. The third kappa shape index (κ3) is 13.6. The second-order valence-corrected chi connectivity index (χ2v) is 5.46. The number of aliphatic carboxylic acids is 1. The number of hydrogen-bond donors (Lipinski definition) is 2. The van der Waals surface area contributed by atoms with E-state index in [9.17, 15) is 14.7 Å². The lowest BCUT2D eigenvalue weighted by Crippen LogP contribution is -2.26. The molecule has 0 saturated carbocycles. The Morgan fingerprint density at radius 1 is 0.905 bits per heavy atom. The minimum Gasteiger partial charge on any atom is -0.481 e. The summed E-state index contributed by atoms with van der Waals surface area (Å²) in [4.78, 5) is 21.5. The van der Waals surface area contributed by atoms with Gasteiger partial charge in [0.2, 0.25) is 0 Å². The Kier molecular flexibility index (Phi) is 13.1. The van der Waals surface area contributed by atoms with Crippen LogP contribution in [0.15, 0.2) is 0 Å². The summed E-state index contributed by atoms with van der Waals surface area (Å²) in [5, 5.41) is 17.6. The summed E-state index contributed by atoms with van der Waals surface area (Å²) < 4.78 is 4.82. The third-order valence-electron chi connectivity index (χ3n) is 3.38.